The summed E-state index contributed by atoms with van der Waals surface area (Å²) in [6.07, 6.45) is 4.79. The monoisotopic (exact) mass is 360 g/mol. The van der Waals surface area contributed by atoms with Gasteiger partial charge in [-0.15, -0.1) is 0 Å². The number of nitrogens with one attached hydrogen (secondary N) is 1. The van der Waals surface area contributed by atoms with E-state index in [1.54, 1.807) is 9.80 Å². The fourth-order valence-electron chi connectivity index (χ4n) is 3.24. The zero-order chi connectivity index (χ0) is 18.6. The van der Waals surface area contributed by atoms with Gasteiger partial charge in [0.2, 0.25) is 6.41 Å². The second-order valence-corrected chi connectivity index (χ2v) is 6.54. The number of aromatic nitrogens is 2. The quantitative estimate of drug-likeness (QED) is 0.727. The Hall–Kier alpha value is -3.41. The van der Waals surface area contributed by atoms with E-state index in [1.165, 1.54) is 0 Å². The van der Waals surface area contributed by atoms with Crippen LogP contribution >= 0.6 is 0 Å². The topological polar surface area (TPSA) is 69.3 Å². The lowest BCUT2D eigenvalue weighted by molar-refractivity contribution is -0.119. The maximum atomic E-state index is 12.6. The van der Waals surface area contributed by atoms with Crippen LogP contribution in [0, 0.1) is 0 Å². The van der Waals surface area contributed by atoms with Gasteiger partial charge in [0.05, 0.1) is 11.2 Å². The van der Waals surface area contributed by atoms with E-state index in [2.05, 4.69) is 10.2 Å². The lowest BCUT2D eigenvalue weighted by Gasteiger charge is -2.32. The highest BCUT2D eigenvalue weighted by atomic mass is 16.2. The number of benzene rings is 2. The largest absolute Gasteiger partial charge is 0.342 e. The van der Waals surface area contributed by atoms with Crippen molar-refractivity contribution in [2.45, 2.75) is 0 Å². The molecule has 136 valence electrons. The summed E-state index contributed by atoms with van der Waals surface area (Å²) in [5, 5.41) is 8.42. The predicted octanol–water partition coefficient (Wildman–Crippen LogP) is 2.65. The van der Waals surface area contributed by atoms with E-state index in [1.807, 2.05) is 60.7 Å². The van der Waals surface area contributed by atoms with E-state index < -0.39 is 0 Å². The Balaban J connectivity index is 1.44. The number of piperazine rings is 1. The maximum absolute atomic E-state index is 12.6. The molecule has 2 heterocycles. The SMILES string of the molecule is O=CN1CCN(C(=O)c2ccc(/C=C/c3n[nH]c4ccccc34)cc2)CC1. The maximum Gasteiger partial charge on any atom is 0.253 e. The molecule has 1 aromatic heterocycles. The Kier molecular flexibility index (Phi) is 4.70. The number of hydrogen-bond donors (Lipinski definition) is 1. The molecular weight excluding hydrogens is 340 g/mol. The van der Waals surface area contributed by atoms with Crippen molar-refractivity contribution in [1.82, 2.24) is 20.0 Å². The van der Waals surface area contributed by atoms with Crippen LogP contribution in [0.3, 0.4) is 0 Å². The molecule has 6 nitrogen and oxygen atoms in total. The minimum absolute atomic E-state index is 0.00868. The number of carbonyl (C=O) groups excluding carboxylic acids is 2. The molecule has 0 atom stereocenters. The van der Waals surface area contributed by atoms with E-state index in [4.69, 9.17) is 0 Å². The Bertz CT molecular complexity index is 983. The first-order valence-electron chi connectivity index (χ1n) is 8.94. The van der Waals surface area contributed by atoms with Gasteiger partial charge in [0.1, 0.15) is 0 Å². The van der Waals surface area contributed by atoms with E-state index in [0.29, 0.717) is 31.7 Å². The number of amides is 2. The fourth-order valence-corrected chi connectivity index (χ4v) is 3.24. The third-order valence-electron chi connectivity index (χ3n) is 4.84. The summed E-state index contributed by atoms with van der Waals surface area (Å²) in [5.74, 6) is 0.00868. The second-order valence-electron chi connectivity index (χ2n) is 6.54. The first-order chi connectivity index (χ1) is 13.2. The van der Waals surface area contributed by atoms with Crippen LogP contribution in [0.4, 0.5) is 0 Å². The van der Waals surface area contributed by atoms with Crippen molar-refractivity contribution in [3.05, 3.63) is 65.4 Å². The molecule has 1 N–H and O–H groups in total. The number of aromatic amines is 1. The van der Waals surface area contributed by atoms with Crippen molar-refractivity contribution >= 4 is 35.4 Å². The third-order valence-corrected chi connectivity index (χ3v) is 4.84. The molecule has 4 rings (SSSR count). The van der Waals surface area contributed by atoms with E-state index in [-0.39, 0.29) is 5.91 Å². The van der Waals surface area contributed by atoms with Gasteiger partial charge >= 0.3 is 0 Å². The summed E-state index contributed by atoms with van der Waals surface area (Å²) in [7, 11) is 0. The molecule has 2 aromatic carbocycles. The summed E-state index contributed by atoms with van der Waals surface area (Å²) in [5.41, 5.74) is 3.56. The lowest BCUT2D eigenvalue weighted by Crippen LogP contribution is -2.48. The third kappa shape index (κ3) is 3.60. The molecular formula is C21H20N4O2. The molecule has 1 saturated heterocycles. The average molecular weight is 360 g/mol. The van der Waals surface area contributed by atoms with Crippen LogP contribution in [0.5, 0.6) is 0 Å². The highest BCUT2D eigenvalue weighted by Gasteiger charge is 2.21. The van der Waals surface area contributed by atoms with Gasteiger partial charge in [0.15, 0.2) is 0 Å². The molecule has 0 unspecified atom stereocenters. The van der Waals surface area contributed by atoms with Crippen LogP contribution in [-0.4, -0.2) is 58.5 Å². The first kappa shape index (κ1) is 17.0. The van der Waals surface area contributed by atoms with Crippen LogP contribution in [0.15, 0.2) is 48.5 Å². The molecule has 6 heteroatoms. The predicted molar refractivity (Wildman–Crippen MR) is 105 cm³/mol. The number of rotatable bonds is 4. The number of nitrogens with zero attached hydrogens (tertiary/aromatic N) is 3. The molecule has 2 amide bonds. The molecule has 0 aliphatic carbocycles. The first-order valence-corrected chi connectivity index (χ1v) is 8.94. The summed E-state index contributed by atoms with van der Waals surface area (Å²) in [4.78, 5) is 26.8. The molecule has 0 bridgehead atoms. The molecule has 3 aromatic rings. The van der Waals surface area contributed by atoms with Crippen molar-refractivity contribution in [3.63, 3.8) is 0 Å². The van der Waals surface area contributed by atoms with Crippen LogP contribution in [0.1, 0.15) is 21.6 Å². The van der Waals surface area contributed by atoms with Crippen molar-refractivity contribution in [2.75, 3.05) is 26.2 Å². The van der Waals surface area contributed by atoms with Crippen molar-refractivity contribution in [2.24, 2.45) is 0 Å². The molecule has 27 heavy (non-hydrogen) atoms. The summed E-state index contributed by atoms with van der Waals surface area (Å²) in [6, 6.07) is 15.5. The highest BCUT2D eigenvalue weighted by Crippen LogP contribution is 2.18. The molecule has 1 aliphatic rings. The van der Waals surface area contributed by atoms with Gasteiger partial charge in [-0.1, -0.05) is 36.4 Å². The van der Waals surface area contributed by atoms with Crippen LogP contribution in [0.2, 0.25) is 0 Å². The molecule has 0 saturated carbocycles. The van der Waals surface area contributed by atoms with Gasteiger partial charge in [0, 0.05) is 37.1 Å². The van der Waals surface area contributed by atoms with E-state index in [0.717, 1.165) is 28.6 Å². The van der Waals surface area contributed by atoms with Gasteiger partial charge in [-0.05, 0) is 29.8 Å². The fraction of sp³-hybridized carbons (Fsp3) is 0.190. The number of para-hydroxylation sites is 1. The zero-order valence-electron chi connectivity index (χ0n) is 14.8. The second kappa shape index (κ2) is 7.45. The van der Waals surface area contributed by atoms with Gasteiger partial charge in [-0.25, -0.2) is 0 Å². The Labute approximate surface area is 157 Å². The average Bonchev–Trinajstić information content (AvgIpc) is 3.15. The van der Waals surface area contributed by atoms with Gasteiger partial charge in [-0.2, -0.15) is 5.10 Å². The molecule has 0 spiro atoms. The van der Waals surface area contributed by atoms with E-state index >= 15 is 0 Å². The van der Waals surface area contributed by atoms with Gasteiger partial charge in [0.25, 0.3) is 5.91 Å². The number of fused-ring (bicyclic) bond motifs is 1. The number of H-pyrrole nitrogens is 1. The molecule has 0 radical (unpaired) electrons. The summed E-state index contributed by atoms with van der Waals surface area (Å²) < 4.78 is 0. The van der Waals surface area contributed by atoms with Crippen LogP contribution < -0.4 is 0 Å². The summed E-state index contributed by atoms with van der Waals surface area (Å²) >= 11 is 0. The Morgan fingerprint density at radius 2 is 1.70 bits per heavy atom. The van der Waals surface area contributed by atoms with Gasteiger partial charge in [-0.3, -0.25) is 14.7 Å². The van der Waals surface area contributed by atoms with E-state index in [9.17, 15) is 9.59 Å². The lowest BCUT2D eigenvalue weighted by atomic mass is 10.1. The van der Waals surface area contributed by atoms with Crippen molar-refractivity contribution in [1.29, 1.82) is 0 Å². The minimum Gasteiger partial charge on any atom is -0.342 e. The van der Waals surface area contributed by atoms with Gasteiger partial charge < -0.3 is 9.80 Å². The normalized spacial score (nSPS) is 14.8. The molecule has 1 fully saturated rings. The molecule has 1 aliphatic heterocycles. The van der Waals surface area contributed by atoms with Crippen molar-refractivity contribution < 1.29 is 9.59 Å². The Morgan fingerprint density at radius 3 is 2.44 bits per heavy atom. The van der Waals surface area contributed by atoms with Crippen LogP contribution in [-0.2, 0) is 4.79 Å². The minimum atomic E-state index is 0.00868. The standard InChI is InChI=1S/C21H20N4O2/c26-15-24-11-13-25(14-12-24)21(27)17-8-5-16(6-9-17)7-10-20-18-3-1-2-4-19(18)22-23-20/h1-10,15H,11-14H2,(H,22,23)/b10-7+. The van der Waals surface area contributed by atoms with Crippen molar-refractivity contribution in [3.8, 4) is 0 Å². The smallest absolute Gasteiger partial charge is 0.253 e. The summed E-state index contributed by atoms with van der Waals surface area (Å²) in [6.45, 7) is 2.33. The Morgan fingerprint density at radius 1 is 0.963 bits per heavy atom. The highest BCUT2D eigenvalue weighted by molar-refractivity contribution is 5.95. The number of carbonyl (C=O) groups is 2. The number of hydrogen-bond acceptors (Lipinski definition) is 3. The zero-order valence-corrected chi connectivity index (χ0v) is 14.8. The van der Waals surface area contributed by atoms with Crippen LogP contribution in [0.25, 0.3) is 23.1 Å².